The predicted octanol–water partition coefficient (Wildman–Crippen LogP) is 3.13. The first-order valence-electron chi connectivity index (χ1n) is 6.19. The third kappa shape index (κ3) is 1.70. The lowest BCUT2D eigenvalue weighted by molar-refractivity contribution is 0.974. The number of H-pyrrole nitrogens is 2. The number of fused-ring (bicyclic) bond motifs is 1. The van der Waals surface area contributed by atoms with E-state index in [-0.39, 0.29) is 0 Å². The molecule has 0 atom stereocenters. The number of imidazole rings is 1. The van der Waals surface area contributed by atoms with E-state index in [9.17, 15) is 0 Å². The smallest absolute Gasteiger partial charge is 0.159 e. The van der Waals surface area contributed by atoms with Gasteiger partial charge in [-0.15, -0.1) is 0 Å². The van der Waals surface area contributed by atoms with Gasteiger partial charge in [-0.05, 0) is 49.6 Å². The van der Waals surface area contributed by atoms with Gasteiger partial charge in [-0.25, -0.2) is 4.98 Å². The molecule has 18 heavy (non-hydrogen) atoms. The van der Waals surface area contributed by atoms with Crippen molar-refractivity contribution in [2.45, 2.75) is 27.2 Å². The second-order valence-electron chi connectivity index (χ2n) is 4.67. The average Bonchev–Trinajstić information content (AvgIpc) is 2.95. The fourth-order valence-corrected chi connectivity index (χ4v) is 2.05. The summed E-state index contributed by atoms with van der Waals surface area (Å²) in [6.45, 7) is 6.31. The quantitative estimate of drug-likeness (QED) is 0.723. The van der Waals surface area contributed by atoms with E-state index in [1.54, 1.807) is 0 Å². The molecule has 2 N–H and O–H groups in total. The minimum atomic E-state index is 0.825. The monoisotopic (exact) mass is 240 g/mol. The van der Waals surface area contributed by atoms with Gasteiger partial charge in [0.25, 0.3) is 0 Å². The van der Waals surface area contributed by atoms with Crippen LogP contribution in [0.3, 0.4) is 0 Å². The van der Waals surface area contributed by atoms with Crippen LogP contribution in [0.2, 0.25) is 0 Å². The highest BCUT2D eigenvalue weighted by Gasteiger charge is 2.09. The Morgan fingerprint density at radius 3 is 2.61 bits per heavy atom. The number of hydrogen-bond donors (Lipinski definition) is 2. The van der Waals surface area contributed by atoms with Crippen molar-refractivity contribution in [1.29, 1.82) is 0 Å². The molecule has 4 heteroatoms. The third-order valence-corrected chi connectivity index (χ3v) is 3.35. The number of hydrogen-bond acceptors (Lipinski definition) is 2. The summed E-state index contributed by atoms with van der Waals surface area (Å²) in [5.41, 5.74) is 6.59. The zero-order valence-corrected chi connectivity index (χ0v) is 10.8. The van der Waals surface area contributed by atoms with Crippen molar-refractivity contribution in [2.24, 2.45) is 0 Å². The fourth-order valence-electron chi connectivity index (χ4n) is 2.05. The topological polar surface area (TPSA) is 57.4 Å². The molecule has 3 aromatic rings. The standard InChI is InChI=1S/C14H16N4/c1-4-10-7-13(18-17-10)14-15-11-5-8(2)9(3)6-12(11)16-14/h5-7H,4H2,1-3H3,(H,15,16)(H,17,18). The van der Waals surface area contributed by atoms with Crippen molar-refractivity contribution in [3.8, 4) is 11.5 Å². The second kappa shape index (κ2) is 3.98. The number of aromatic amines is 2. The molecule has 0 aliphatic carbocycles. The molecule has 2 heterocycles. The van der Waals surface area contributed by atoms with Crippen molar-refractivity contribution in [1.82, 2.24) is 20.2 Å². The van der Waals surface area contributed by atoms with Gasteiger partial charge in [0, 0.05) is 5.69 Å². The van der Waals surface area contributed by atoms with Gasteiger partial charge in [-0.2, -0.15) is 5.10 Å². The van der Waals surface area contributed by atoms with E-state index < -0.39 is 0 Å². The minimum Gasteiger partial charge on any atom is -0.337 e. The first-order chi connectivity index (χ1) is 8.67. The highest BCUT2D eigenvalue weighted by molar-refractivity contribution is 5.80. The Morgan fingerprint density at radius 1 is 1.11 bits per heavy atom. The van der Waals surface area contributed by atoms with Crippen LogP contribution in [0, 0.1) is 13.8 Å². The SMILES string of the molecule is CCc1cc(-c2nc3cc(C)c(C)cc3[nH]2)n[nH]1. The van der Waals surface area contributed by atoms with E-state index in [1.807, 2.05) is 6.07 Å². The summed E-state index contributed by atoms with van der Waals surface area (Å²) in [4.78, 5) is 7.92. The Hall–Kier alpha value is -2.10. The first-order valence-corrected chi connectivity index (χ1v) is 6.19. The Kier molecular flexibility index (Phi) is 2.44. The zero-order valence-electron chi connectivity index (χ0n) is 10.8. The molecule has 0 radical (unpaired) electrons. The molecule has 92 valence electrons. The fraction of sp³-hybridized carbons (Fsp3) is 0.286. The van der Waals surface area contributed by atoms with Crippen LogP contribution in [0.5, 0.6) is 0 Å². The Morgan fingerprint density at radius 2 is 1.89 bits per heavy atom. The van der Waals surface area contributed by atoms with E-state index in [0.717, 1.165) is 34.7 Å². The van der Waals surface area contributed by atoms with Gasteiger partial charge in [0.15, 0.2) is 5.82 Å². The molecule has 1 aromatic carbocycles. The van der Waals surface area contributed by atoms with Gasteiger partial charge >= 0.3 is 0 Å². The number of aromatic nitrogens is 4. The summed E-state index contributed by atoms with van der Waals surface area (Å²) >= 11 is 0. The molecule has 0 saturated carbocycles. The molecule has 2 aromatic heterocycles. The van der Waals surface area contributed by atoms with E-state index in [4.69, 9.17) is 0 Å². The highest BCUT2D eigenvalue weighted by Crippen LogP contribution is 2.22. The molecule has 0 amide bonds. The molecule has 0 unspecified atom stereocenters. The number of nitrogens with zero attached hydrogens (tertiary/aromatic N) is 2. The maximum absolute atomic E-state index is 4.59. The molecular weight excluding hydrogens is 224 g/mol. The minimum absolute atomic E-state index is 0.825. The van der Waals surface area contributed by atoms with Crippen LogP contribution >= 0.6 is 0 Å². The summed E-state index contributed by atoms with van der Waals surface area (Å²) < 4.78 is 0. The number of nitrogens with one attached hydrogen (secondary N) is 2. The van der Waals surface area contributed by atoms with Gasteiger partial charge in [0.05, 0.1) is 11.0 Å². The van der Waals surface area contributed by atoms with Crippen LogP contribution in [-0.4, -0.2) is 20.2 Å². The Bertz CT molecular complexity index is 667. The number of aryl methyl sites for hydroxylation is 3. The van der Waals surface area contributed by atoms with E-state index in [1.165, 1.54) is 11.1 Å². The van der Waals surface area contributed by atoms with Gasteiger partial charge in [-0.3, -0.25) is 5.10 Å². The summed E-state index contributed by atoms with van der Waals surface area (Å²) in [6, 6.07) is 6.28. The molecular formula is C14H16N4. The molecule has 0 spiro atoms. The maximum Gasteiger partial charge on any atom is 0.159 e. The van der Waals surface area contributed by atoms with Crippen molar-refractivity contribution in [2.75, 3.05) is 0 Å². The van der Waals surface area contributed by atoms with Gasteiger partial charge < -0.3 is 4.98 Å². The van der Waals surface area contributed by atoms with E-state index >= 15 is 0 Å². The predicted molar refractivity (Wildman–Crippen MR) is 72.5 cm³/mol. The molecule has 0 aliphatic rings. The van der Waals surface area contributed by atoms with E-state index in [0.29, 0.717) is 0 Å². The second-order valence-corrected chi connectivity index (χ2v) is 4.67. The summed E-state index contributed by atoms with van der Waals surface area (Å²) in [6.07, 6.45) is 0.950. The summed E-state index contributed by atoms with van der Waals surface area (Å²) in [5, 5.41) is 7.29. The van der Waals surface area contributed by atoms with Crippen LogP contribution in [0.4, 0.5) is 0 Å². The third-order valence-electron chi connectivity index (χ3n) is 3.35. The molecule has 3 rings (SSSR count). The highest BCUT2D eigenvalue weighted by atomic mass is 15.1. The van der Waals surface area contributed by atoms with Crippen molar-refractivity contribution >= 4 is 11.0 Å². The van der Waals surface area contributed by atoms with Crippen LogP contribution < -0.4 is 0 Å². The van der Waals surface area contributed by atoms with Crippen molar-refractivity contribution in [3.63, 3.8) is 0 Å². The Labute approximate surface area is 105 Å². The molecule has 0 fully saturated rings. The Balaban J connectivity index is 2.13. The molecule has 0 bridgehead atoms. The zero-order chi connectivity index (χ0) is 12.7. The van der Waals surface area contributed by atoms with Crippen molar-refractivity contribution < 1.29 is 0 Å². The van der Waals surface area contributed by atoms with Crippen LogP contribution in [0.25, 0.3) is 22.6 Å². The summed E-state index contributed by atoms with van der Waals surface area (Å²) in [5.74, 6) is 0.825. The average molecular weight is 240 g/mol. The van der Waals surface area contributed by atoms with Gasteiger partial charge in [0.1, 0.15) is 5.69 Å². The van der Waals surface area contributed by atoms with Gasteiger partial charge in [0.2, 0.25) is 0 Å². The van der Waals surface area contributed by atoms with E-state index in [2.05, 4.69) is 53.1 Å². The lowest BCUT2D eigenvalue weighted by Crippen LogP contribution is -1.79. The van der Waals surface area contributed by atoms with Crippen LogP contribution in [-0.2, 0) is 6.42 Å². The number of benzene rings is 1. The normalized spacial score (nSPS) is 11.3. The lowest BCUT2D eigenvalue weighted by atomic mass is 10.1. The van der Waals surface area contributed by atoms with Crippen molar-refractivity contribution in [3.05, 3.63) is 35.0 Å². The molecule has 0 saturated heterocycles. The largest absolute Gasteiger partial charge is 0.337 e. The lowest BCUT2D eigenvalue weighted by Gasteiger charge is -1.97. The molecule has 0 aliphatic heterocycles. The van der Waals surface area contributed by atoms with Gasteiger partial charge in [-0.1, -0.05) is 6.92 Å². The van der Waals surface area contributed by atoms with Crippen LogP contribution in [0.15, 0.2) is 18.2 Å². The van der Waals surface area contributed by atoms with Crippen LogP contribution in [0.1, 0.15) is 23.7 Å². The number of rotatable bonds is 2. The maximum atomic E-state index is 4.59. The molecule has 4 nitrogen and oxygen atoms in total. The summed E-state index contributed by atoms with van der Waals surface area (Å²) in [7, 11) is 0. The first kappa shape index (κ1) is 11.0.